The van der Waals surface area contributed by atoms with E-state index in [9.17, 15) is 35.4 Å². The van der Waals surface area contributed by atoms with Gasteiger partial charge in [-0.1, -0.05) is 0 Å². The van der Waals surface area contributed by atoms with Gasteiger partial charge >= 0.3 is 0 Å². The second-order valence-electron chi connectivity index (χ2n) is 6.26. The zero-order valence-electron chi connectivity index (χ0n) is 14.0. The fourth-order valence-electron chi connectivity index (χ4n) is 2.96. The maximum Gasteiger partial charge on any atom is 0.217 e. The van der Waals surface area contributed by atoms with Crippen LogP contribution in [0.25, 0.3) is 0 Å². The summed E-state index contributed by atoms with van der Waals surface area (Å²) in [6.07, 6.45) is -13.7. The number of ether oxygens (including phenoxy) is 3. The SMILES string of the molecule is CC(=O)N[C@H]1[C@H](O[C@H]2C(O)O[C@H](CO)[C@H](O)[C@@H]2O)O[C@H](CO)[C@H](O)[C@@H]1O. The molecule has 0 aliphatic carbocycles. The molecule has 1 amide bonds. The van der Waals surface area contributed by atoms with Crippen molar-refractivity contribution in [3.8, 4) is 0 Å². The second kappa shape index (κ2) is 8.84. The Kier molecular flexibility index (Phi) is 7.27. The van der Waals surface area contributed by atoms with Crippen LogP contribution in [0.4, 0.5) is 0 Å². The monoisotopic (exact) mass is 383 g/mol. The molecule has 12 nitrogen and oxygen atoms in total. The van der Waals surface area contributed by atoms with Crippen LogP contribution in [-0.2, 0) is 19.0 Å². The van der Waals surface area contributed by atoms with E-state index in [1.807, 2.05) is 0 Å². The number of carbonyl (C=O) groups excluding carboxylic acids is 1. The van der Waals surface area contributed by atoms with Gasteiger partial charge < -0.3 is 55.3 Å². The van der Waals surface area contributed by atoms with Crippen molar-refractivity contribution in [1.29, 1.82) is 0 Å². The van der Waals surface area contributed by atoms with E-state index in [2.05, 4.69) is 5.32 Å². The summed E-state index contributed by atoms with van der Waals surface area (Å²) in [5.74, 6) is -0.581. The third-order valence-corrected chi connectivity index (χ3v) is 4.38. The Morgan fingerprint density at radius 3 is 2.00 bits per heavy atom. The zero-order chi connectivity index (χ0) is 19.6. The number of hydrogen-bond acceptors (Lipinski definition) is 11. The summed E-state index contributed by atoms with van der Waals surface area (Å²) in [5.41, 5.74) is 0. The van der Waals surface area contributed by atoms with Gasteiger partial charge in [0.15, 0.2) is 12.6 Å². The summed E-state index contributed by atoms with van der Waals surface area (Å²) in [6.45, 7) is -0.183. The first-order chi connectivity index (χ1) is 12.2. The number of nitrogens with one attached hydrogen (secondary N) is 1. The van der Waals surface area contributed by atoms with Gasteiger partial charge in [-0.05, 0) is 0 Å². The highest BCUT2D eigenvalue weighted by Gasteiger charge is 2.50. The van der Waals surface area contributed by atoms with Gasteiger partial charge in [0.1, 0.15) is 48.8 Å². The standard InChI is InChI=1S/C14H25NO11/c1-4(18)15-7-10(21)8(19)6(3-17)25-14(7)26-12-11(22)9(20)5(2-16)24-13(12)23/h5-14,16-17,19-23H,2-3H2,1H3,(H,15,18)/t5-,6-,7-,8+,9+,10-,11+,12-,13?,14+/m1/s1. The van der Waals surface area contributed by atoms with Gasteiger partial charge in [0, 0.05) is 6.92 Å². The molecule has 2 aliphatic heterocycles. The van der Waals surface area contributed by atoms with Crippen molar-refractivity contribution >= 4 is 5.91 Å². The molecule has 2 aliphatic rings. The van der Waals surface area contributed by atoms with Gasteiger partial charge in [-0.2, -0.15) is 0 Å². The Balaban J connectivity index is 2.18. The summed E-state index contributed by atoms with van der Waals surface area (Å²) in [7, 11) is 0. The first-order valence-electron chi connectivity index (χ1n) is 8.06. The highest BCUT2D eigenvalue weighted by Crippen LogP contribution is 2.28. The van der Waals surface area contributed by atoms with Crippen LogP contribution >= 0.6 is 0 Å². The molecule has 10 atom stereocenters. The van der Waals surface area contributed by atoms with Crippen LogP contribution in [0.3, 0.4) is 0 Å². The molecule has 12 heteroatoms. The van der Waals surface area contributed by atoms with E-state index in [0.717, 1.165) is 6.92 Å². The van der Waals surface area contributed by atoms with Crippen LogP contribution < -0.4 is 5.32 Å². The number of hydrogen-bond donors (Lipinski definition) is 8. The van der Waals surface area contributed by atoms with E-state index in [0.29, 0.717) is 0 Å². The molecule has 0 bridgehead atoms. The summed E-state index contributed by atoms with van der Waals surface area (Å²) in [4.78, 5) is 11.4. The van der Waals surface area contributed by atoms with Crippen molar-refractivity contribution in [2.75, 3.05) is 13.2 Å². The molecule has 2 rings (SSSR count). The molecule has 2 fully saturated rings. The van der Waals surface area contributed by atoms with Gasteiger partial charge in [-0.15, -0.1) is 0 Å². The number of rotatable bonds is 5. The Morgan fingerprint density at radius 1 is 0.923 bits per heavy atom. The summed E-state index contributed by atoms with van der Waals surface area (Å²) in [5, 5.41) is 70.7. The lowest BCUT2D eigenvalue weighted by atomic mass is 9.96. The van der Waals surface area contributed by atoms with Crippen LogP contribution in [0.1, 0.15) is 6.92 Å². The molecule has 0 saturated carbocycles. The lowest BCUT2D eigenvalue weighted by Gasteiger charge is -2.46. The van der Waals surface area contributed by atoms with Gasteiger partial charge in [-0.25, -0.2) is 0 Å². The quantitative estimate of drug-likeness (QED) is 0.226. The van der Waals surface area contributed by atoms with Crippen LogP contribution in [0.5, 0.6) is 0 Å². The predicted molar refractivity (Wildman–Crippen MR) is 80.2 cm³/mol. The fraction of sp³-hybridized carbons (Fsp3) is 0.929. The smallest absolute Gasteiger partial charge is 0.217 e. The lowest BCUT2D eigenvalue weighted by Crippen LogP contribution is -2.67. The van der Waals surface area contributed by atoms with Crippen LogP contribution in [0.2, 0.25) is 0 Å². The van der Waals surface area contributed by atoms with Crippen molar-refractivity contribution < 1.29 is 54.8 Å². The number of aliphatic hydroxyl groups excluding tert-OH is 7. The molecule has 0 aromatic heterocycles. The molecular weight excluding hydrogens is 358 g/mol. The van der Waals surface area contributed by atoms with Gasteiger partial charge in [0.2, 0.25) is 5.91 Å². The van der Waals surface area contributed by atoms with Crippen LogP contribution in [-0.4, -0.2) is 116 Å². The first kappa shape index (κ1) is 21.4. The van der Waals surface area contributed by atoms with E-state index in [4.69, 9.17) is 19.3 Å². The minimum absolute atomic E-state index is 0.581. The van der Waals surface area contributed by atoms with E-state index < -0.39 is 80.5 Å². The fourth-order valence-corrected chi connectivity index (χ4v) is 2.96. The summed E-state index contributed by atoms with van der Waals surface area (Å²) >= 11 is 0. The molecule has 1 unspecified atom stereocenters. The van der Waals surface area contributed by atoms with Crippen molar-refractivity contribution in [2.45, 2.75) is 68.3 Å². The molecule has 0 aromatic rings. The van der Waals surface area contributed by atoms with E-state index in [1.165, 1.54) is 0 Å². The maximum atomic E-state index is 11.4. The number of carbonyl (C=O) groups is 1. The minimum Gasteiger partial charge on any atom is -0.394 e. The minimum atomic E-state index is -1.76. The third-order valence-electron chi connectivity index (χ3n) is 4.38. The third kappa shape index (κ3) is 4.31. The van der Waals surface area contributed by atoms with Crippen molar-refractivity contribution in [1.82, 2.24) is 5.32 Å². The molecule has 0 aromatic carbocycles. The number of amides is 1. The van der Waals surface area contributed by atoms with Crippen molar-refractivity contribution in [2.24, 2.45) is 0 Å². The van der Waals surface area contributed by atoms with Crippen LogP contribution in [0, 0.1) is 0 Å². The van der Waals surface area contributed by atoms with Crippen LogP contribution in [0.15, 0.2) is 0 Å². The van der Waals surface area contributed by atoms with Gasteiger partial charge in [0.05, 0.1) is 13.2 Å². The first-order valence-corrected chi connectivity index (χ1v) is 8.06. The highest BCUT2D eigenvalue weighted by atomic mass is 16.7. The zero-order valence-corrected chi connectivity index (χ0v) is 14.0. The molecule has 8 N–H and O–H groups in total. The average molecular weight is 383 g/mol. The average Bonchev–Trinajstić information content (AvgIpc) is 2.60. The van der Waals surface area contributed by atoms with Gasteiger partial charge in [0.25, 0.3) is 0 Å². The number of aliphatic hydroxyl groups is 7. The van der Waals surface area contributed by atoms with E-state index in [1.54, 1.807) is 0 Å². The topological polar surface area (TPSA) is 198 Å². The molecule has 0 spiro atoms. The molecule has 0 radical (unpaired) electrons. The Labute approximate surface area is 148 Å². The Morgan fingerprint density at radius 2 is 1.46 bits per heavy atom. The Bertz CT molecular complexity index is 480. The van der Waals surface area contributed by atoms with E-state index >= 15 is 0 Å². The summed E-state index contributed by atoms with van der Waals surface area (Å²) in [6, 6.07) is -1.29. The Hall–Kier alpha value is -0.930. The molecule has 2 saturated heterocycles. The lowest BCUT2D eigenvalue weighted by molar-refractivity contribution is -0.348. The van der Waals surface area contributed by atoms with Crippen molar-refractivity contribution in [3.63, 3.8) is 0 Å². The molecule has 152 valence electrons. The second-order valence-corrected chi connectivity index (χ2v) is 6.26. The van der Waals surface area contributed by atoms with E-state index in [-0.39, 0.29) is 0 Å². The van der Waals surface area contributed by atoms with Crippen molar-refractivity contribution in [3.05, 3.63) is 0 Å². The normalized spacial score (nSPS) is 46.8. The molecular formula is C14H25NO11. The van der Waals surface area contributed by atoms with Gasteiger partial charge in [-0.3, -0.25) is 4.79 Å². The predicted octanol–water partition coefficient (Wildman–Crippen LogP) is -5.25. The summed E-state index contributed by atoms with van der Waals surface area (Å²) < 4.78 is 15.7. The molecule has 26 heavy (non-hydrogen) atoms. The maximum absolute atomic E-state index is 11.4. The molecule has 2 heterocycles. The largest absolute Gasteiger partial charge is 0.394 e. The highest BCUT2D eigenvalue weighted by molar-refractivity contribution is 5.73.